The first-order valence-electron chi connectivity index (χ1n) is 6.80. The molecule has 2 N–H and O–H groups in total. The number of aromatic amines is 1. The SMILES string of the molecule is Cc1cc2cc(CNC(=O)Oc3ccccc3)ccc2[nH]1. The van der Waals surface area contributed by atoms with Gasteiger partial charge in [-0.15, -0.1) is 0 Å². The Kier molecular flexibility index (Phi) is 3.60. The molecule has 3 rings (SSSR count). The molecular formula is C17H16N2O2. The van der Waals surface area contributed by atoms with Gasteiger partial charge in [0, 0.05) is 17.8 Å². The third-order valence-electron chi connectivity index (χ3n) is 3.21. The average Bonchev–Trinajstić information content (AvgIpc) is 2.85. The van der Waals surface area contributed by atoms with Gasteiger partial charge in [-0.05, 0) is 48.2 Å². The number of ether oxygens (including phenoxy) is 1. The zero-order valence-corrected chi connectivity index (χ0v) is 11.7. The van der Waals surface area contributed by atoms with Crippen LogP contribution in [0.4, 0.5) is 4.79 Å². The Labute approximate surface area is 122 Å². The number of amides is 1. The van der Waals surface area contributed by atoms with Gasteiger partial charge in [-0.3, -0.25) is 0 Å². The Bertz CT molecular complexity index is 763. The molecule has 0 fully saturated rings. The van der Waals surface area contributed by atoms with Gasteiger partial charge in [-0.1, -0.05) is 24.3 Å². The van der Waals surface area contributed by atoms with E-state index in [1.807, 2.05) is 37.3 Å². The molecular weight excluding hydrogens is 264 g/mol. The quantitative estimate of drug-likeness (QED) is 0.767. The lowest BCUT2D eigenvalue weighted by molar-refractivity contribution is 0.200. The van der Waals surface area contributed by atoms with E-state index in [0.29, 0.717) is 12.3 Å². The van der Waals surface area contributed by atoms with Crippen molar-refractivity contribution < 1.29 is 9.53 Å². The smallest absolute Gasteiger partial charge is 0.410 e. The Morgan fingerprint density at radius 1 is 1.14 bits per heavy atom. The second-order valence-electron chi connectivity index (χ2n) is 4.93. The predicted molar refractivity (Wildman–Crippen MR) is 82.3 cm³/mol. The number of fused-ring (bicyclic) bond motifs is 1. The minimum absolute atomic E-state index is 0.436. The number of hydrogen-bond acceptors (Lipinski definition) is 2. The number of aromatic nitrogens is 1. The summed E-state index contributed by atoms with van der Waals surface area (Å²) in [7, 11) is 0. The van der Waals surface area contributed by atoms with Crippen LogP contribution in [0, 0.1) is 6.92 Å². The molecule has 0 bridgehead atoms. The molecule has 1 heterocycles. The number of H-pyrrole nitrogens is 1. The van der Waals surface area contributed by atoms with Crippen molar-refractivity contribution in [2.75, 3.05) is 0 Å². The van der Waals surface area contributed by atoms with Crippen LogP contribution in [-0.4, -0.2) is 11.1 Å². The van der Waals surface area contributed by atoms with Crippen molar-refractivity contribution in [2.45, 2.75) is 13.5 Å². The van der Waals surface area contributed by atoms with Gasteiger partial charge in [-0.25, -0.2) is 4.79 Å². The maximum atomic E-state index is 11.7. The van der Waals surface area contributed by atoms with Gasteiger partial charge >= 0.3 is 6.09 Å². The van der Waals surface area contributed by atoms with Crippen LogP contribution in [0.15, 0.2) is 54.6 Å². The Hall–Kier alpha value is -2.75. The number of nitrogens with one attached hydrogen (secondary N) is 2. The van der Waals surface area contributed by atoms with Crippen molar-refractivity contribution >= 4 is 17.0 Å². The van der Waals surface area contributed by atoms with E-state index in [2.05, 4.69) is 22.4 Å². The van der Waals surface area contributed by atoms with E-state index in [1.54, 1.807) is 12.1 Å². The standard InChI is InChI=1S/C17H16N2O2/c1-12-9-14-10-13(7-8-16(14)19-12)11-18-17(20)21-15-5-3-2-4-6-15/h2-10,19H,11H2,1H3,(H,18,20). The fraction of sp³-hybridized carbons (Fsp3) is 0.118. The van der Waals surface area contributed by atoms with Crippen LogP contribution < -0.4 is 10.1 Å². The van der Waals surface area contributed by atoms with Crippen molar-refractivity contribution in [3.63, 3.8) is 0 Å². The van der Waals surface area contributed by atoms with E-state index >= 15 is 0 Å². The van der Waals surface area contributed by atoms with Crippen molar-refractivity contribution in [1.29, 1.82) is 0 Å². The lowest BCUT2D eigenvalue weighted by Crippen LogP contribution is -2.26. The Morgan fingerprint density at radius 3 is 2.76 bits per heavy atom. The molecule has 0 saturated heterocycles. The third kappa shape index (κ3) is 3.23. The molecule has 4 nitrogen and oxygen atoms in total. The number of hydrogen-bond donors (Lipinski definition) is 2. The number of carbonyl (C=O) groups is 1. The summed E-state index contributed by atoms with van der Waals surface area (Å²) in [5.41, 5.74) is 3.26. The maximum absolute atomic E-state index is 11.7. The second kappa shape index (κ2) is 5.71. The topological polar surface area (TPSA) is 54.1 Å². The van der Waals surface area contributed by atoms with Crippen molar-refractivity contribution in [3.8, 4) is 5.75 Å². The first kappa shape index (κ1) is 13.2. The second-order valence-corrected chi connectivity index (χ2v) is 4.93. The zero-order chi connectivity index (χ0) is 14.7. The van der Waals surface area contributed by atoms with Crippen LogP contribution in [-0.2, 0) is 6.54 Å². The Morgan fingerprint density at radius 2 is 1.95 bits per heavy atom. The lowest BCUT2D eigenvalue weighted by atomic mass is 10.1. The fourth-order valence-corrected chi connectivity index (χ4v) is 2.24. The molecule has 0 saturated carbocycles. The van der Waals surface area contributed by atoms with Gasteiger partial charge in [0.25, 0.3) is 0 Å². The molecule has 0 aliphatic rings. The number of aryl methyl sites for hydroxylation is 1. The molecule has 0 radical (unpaired) electrons. The molecule has 1 amide bonds. The van der Waals surface area contributed by atoms with Crippen molar-refractivity contribution in [3.05, 3.63) is 65.9 Å². The molecule has 2 aromatic carbocycles. The van der Waals surface area contributed by atoms with Crippen LogP contribution in [0.3, 0.4) is 0 Å². The highest BCUT2D eigenvalue weighted by Crippen LogP contribution is 2.17. The molecule has 1 aromatic heterocycles. The molecule has 3 aromatic rings. The van der Waals surface area contributed by atoms with Gasteiger partial charge in [-0.2, -0.15) is 0 Å². The Balaban J connectivity index is 1.62. The summed E-state index contributed by atoms with van der Waals surface area (Å²) in [5, 5.41) is 3.89. The molecule has 0 spiro atoms. The highest BCUT2D eigenvalue weighted by molar-refractivity contribution is 5.81. The van der Waals surface area contributed by atoms with Gasteiger partial charge in [0.15, 0.2) is 0 Å². The average molecular weight is 280 g/mol. The van der Waals surface area contributed by atoms with Gasteiger partial charge < -0.3 is 15.0 Å². The van der Waals surface area contributed by atoms with Crippen LogP contribution in [0.5, 0.6) is 5.75 Å². The van der Waals surface area contributed by atoms with E-state index in [1.165, 1.54) is 0 Å². The fourth-order valence-electron chi connectivity index (χ4n) is 2.24. The first-order valence-corrected chi connectivity index (χ1v) is 6.80. The van der Waals surface area contributed by atoms with E-state index in [-0.39, 0.29) is 0 Å². The molecule has 0 aliphatic carbocycles. The summed E-state index contributed by atoms with van der Waals surface area (Å²) in [6.45, 7) is 2.46. The molecule has 4 heteroatoms. The van der Waals surface area contributed by atoms with E-state index in [0.717, 1.165) is 22.2 Å². The summed E-state index contributed by atoms with van der Waals surface area (Å²) >= 11 is 0. The van der Waals surface area contributed by atoms with Gasteiger partial charge in [0.2, 0.25) is 0 Å². The lowest BCUT2D eigenvalue weighted by Gasteiger charge is -2.06. The zero-order valence-electron chi connectivity index (χ0n) is 11.7. The molecule has 0 aliphatic heterocycles. The summed E-state index contributed by atoms with van der Waals surface area (Å²) in [5.74, 6) is 0.534. The monoisotopic (exact) mass is 280 g/mol. The number of para-hydroxylation sites is 1. The van der Waals surface area contributed by atoms with Gasteiger partial charge in [0.05, 0.1) is 0 Å². The molecule has 0 atom stereocenters. The summed E-state index contributed by atoms with van der Waals surface area (Å²) in [6.07, 6.45) is -0.452. The summed E-state index contributed by atoms with van der Waals surface area (Å²) in [4.78, 5) is 15.0. The number of carbonyl (C=O) groups excluding carboxylic acids is 1. The van der Waals surface area contributed by atoms with E-state index in [4.69, 9.17) is 4.74 Å². The molecule has 21 heavy (non-hydrogen) atoms. The van der Waals surface area contributed by atoms with Crippen LogP contribution in [0.1, 0.15) is 11.3 Å². The molecule has 106 valence electrons. The van der Waals surface area contributed by atoms with Crippen molar-refractivity contribution in [1.82, 2.24) is 10.3 Å². The van der Waals surface area contributed by atoms with Crippen LogP contribution in [0.25, 0.3) is 10.9 Å². The third-order valence-corrected chi connectivity index (χ3v) is 3.21. The minimum atomic E-state index is -0.452. The minimum Gasteiger partial charge on any atom is -0.410 e. The summed E-state index contributed by atoms with van der Waals surface area (Å²) < 4.78 is 5.17. The highest BCUT2D eigenvalue weighted by atomic mass is 16.5. The van der Waals surface area contributed by atoms with Crippen molar-refractivity contribution in [2.24, 2.45) is 0 Å². The van der Waals surface area contributed by atoms with Crippen LogP contribution in [0.2, 0.25) is 0 Å². The normalized spacial score (nSPS) is 10.5. The van der Waals surface area contributed by atoms with E-state index in [9.17, 15) is 4.79 Å². The first-order chi connectivity index (χ1) is 10.2. The largest absolute Gasteiger partial charge is 0.412 e. The number of benzene rings is 2. The maximum Gasteiger partial charge on any atom is 0.412 e. The molecule has 0 unspecified atom stereocenters. The summed E-state index contributed by atoms with van der Waals surface area (Å²) in [6, 6.07) is 17.2. The highest BCUT2D eigenvalue weighted by Gasteiger charge is 2.04. The van der Waals surface area contributed by atoms with Gasteiger partial charge in [0.1, 0.15) is 5.75 Å². The van der Waals surface area contributed by atoms with E-state index < -0.39 is 6.09 Å². The number of rotatable bonds is 3. The predicted octanol–water partition coefficient (Wildman–Crippen LogP) is 3.76. The van der Waals surface area contributed by atoms with Crippen LogP contribution >= 0.6 is 0 Å².